The first-order valence-corrected chi connectivity index (χ1v) is 13.7. The molecule has 0 bridgehead atoms. The minimum atomic E-state index is 0.686. The van der Waals surface area contributed by atoms with E-state index >= 15 is 0 Å². The molecule has 0 radical (unpaired) electrons. The van der Waals surface area contributed by atoms with Gasteiger partial charge in [0.15, 0.2) is 6.20 Å². The van der Waals surface area contributed by atoms with Crippen LogP contribution in [0.4, 0.5) is 0 Å². The molecular weight excluding hydrogens is 410 g/mol. The summed E-state index contributed by atoms with van der Waals surface area (Å²) in [6.45, 7) is 6.95. The van der Waals surface area contributed by atoms with Crippen molar-refractivity contribution in [1.29, 1.82) is 0 Å². The van der Waals surface area contributed by atoms with Crippen LogP contribution >= 0.6 is 0 Å². The van der Waals surface area contributed by atoms with Crippen LogP contribution in [0.2, 0.25) is 0 Å². The van der Waals surface area contributed by atoms with Crippen LogP contribution in [-0.4, -0.2) is 0 Å². The molecule has 6 rings (SSSR count). The van der Waals surface area contributed by atoms with Crippen LogP contribution in [0.1, 0.15) is 97.1 Å². The molecule has 1 aromatic heterocycles. The van der Waals surface area contributed by atoms with E-state index in [0.29, 0.717) is 5.41 Å². The molecular formula is C33H40N+. The maximum atomic E-state index is 2.58. The van der Waals surface area contributed by atoms with Crippen LogP contribution in [0, 0.1) is 26.2 Å². The highest BCUT2D eigenvalue weighted by Crippen LogP contribution is 2.51. The fourth-order valence-electron chi connectivity index (χ4n) is 7.92. The van der Waals surface area contributed by atoms with Gasteiger partial charge in [0.1, 0.15) is 7.05 Å². The van der Waals surface area contributed by atoms with Gasteiger partial charge in [0, 0.05) is 11.6 Å². The van der Waals surface area contributed by atoms with Crippen LogP contribution in [0.15, 0.2) is 42.6 Å². The lowest BCUT2D eigenvalue weighted by atomic mass is 9.62. The van der Waals surface area contributed by atoms with E-state index in [-0.39, 0.29) is 0 Å². The molecule has 1 spiro atoms. The van der Waals surface area contributed by atoms with Crippen molar-refractivity contribution in [2.75, 3.05) is 0 Å². The fourth-order valence-corrected chi connectivity index (χ4v) is 7.92. The molecule has 1 heterocycles. The highest BCUT2D eigenvalue weighted by Gasteiger charge is 2.37. The summed E-state index contributed by atoms with van der Waals surface area (Å²) in [7, 11) is 2.25. The first-order valence-electron chi connectivity index (χ1n) is 13.7. The van der Waals surface area contributed by atoms with E-state index in [9.17, 15) is 0 Å². The Labute approximate surface area is 206 Å². The minimum Gasteiger partial charge on any atom is -0.201 e. The number of nitrogens with zero attached hydrogens (tertiary/aromatic N) is 1. The molecule has 0 saturated heterocycles. The van der Waals surface area contributed by atoms with Crippen molar-refractivity contribution >= 4 is 0 Å². The van der Waals surface area contributed by atoms with Gasteiger partial charge in [-0.25, -0.2) is 4.57 Å². The summed E-state index contributed by atoms with van der Waals surface area (Å²) in [5, 5.41) is 0. The number of pyridine rings is 1. The molecule has 34 heavy (non-hydrogen) atoms. The highest BCUT2D eigenvalue weighted by molar-refractivity contribution is 5.87. The monoisotopic (exact) mass is 450 g/mol. The Hall–Kier alpha value is -2.41. The molecule has 0 N–H and O–H groups in total. The third kappa shape index (κ3) is 3.55. The topological polar surface area (TPSA) is 3.88 Å². The van der Waals surface area contributed by atoms with Gasteiger partial charge in [-0.3, -0.25) is 0 Å². The van der Waals surface area contributed by atoms with Gasteiger partial charge >= 0.3 is 0 Å². The minimum absolute atomic E-state index is 0.686. The van der Waals surface area contributed by atoms with Crippen molar-refractivity contribution in [3.8, 4) is 22.4 Å². The first kappa shape index (κ1) is 22.1. The number of rotatable bonds is 2. The zero-order valence-corrected chi connectivity index (χ0v) is 21.6. The van der Waals surface area contributed by atoms with Crippen molar-refractivity contribution in [1.82, 2.24) is 0 Å². The SMILES string of the molecule is Cc1c[n+](C)c(-c2c(C)cc(C)c3c2Cc2ccccc2-3)cc1C1CCC2(CCCCC2)CC1. The van der Waals surface area contributed by atoms with E-state index in [1.165, 1.54) is 108 Å². The second-order valence-corrected chi connectivity index (χ2v) is 11.8. The van der Waals surface area contributed by atoms with Gasteiger partial charge in [0.05, 0.1) is 5.56 Å². The second-order valence-electron chi connectivity index (χ2n) is 11.8. The Morgan fingerprint density at radius 1 is 0.794 bits per heavy atom. The Morgan fingerprint density at radius 2 is 1.50 bits per heavy atom. The highest BCUT2D eigenvalue weighted by atomic mass is 14.9. The summed E-state index contributed by atoms with van der Waals surface area (Å²) in [4.78, 5) is 0. The molecule has 176 valence electrons. The third-order valence-electron chi connectivity index (χ3n) is 9.65. The molecule has 2 aromatic carbocycles. The second kappa shape index (κ2) is 8.36. The zero-order valence-electron chi connectivity index (χ0n) is 21.6. The Balaban J connectivity index is 1.40. The van der Waals surface area contributed by atoms with Gasteiger partial charge in [-0.1, -0.05) is 49.6 Å². The number of aromatic nitrogens is 1. The summed E-state index contributed by atoms with van der Waals surface area (Å²) in [5.41, 5.74) is 15.4. The number of hydrogen-bond donors (Lipinski definition) is 0. The lowest BCUT2D eigenvalue weighted by Crippen LogP contribution is -2.33. The van der Waals surface area contributed by atoms with E-state index < -0.39 is 0 Å². The van der Waals surface area contributed by atoms with E-state index in [1.807, 2.05) is 0 Å². The van der Waals surface area contributed by atoms with Gasteiger partial charge in [0.2, 0.25) is 5.69 Å². The van der Waals surface area contributed by atoms with E-state index in [4.69, 9.17) is 0 Å². The quantitative estimate of drug-likeness (QED) is 0.270. The number of benzene rings is 2. The van der Waals surface area contributed by atoms with Crippen molar-refractivity contribution in [3.63, 3.8) is 0 Å². The van der Waals surface area contributed by atoms with E-state index in [2.05, 4.69) is 75.0 Å². The summed E-state index contributed by atoms with van der Waals surface area (Å²) < 4.78 is 2.39. The smallest absolute Gasteiger partial charge is 0.201 e. The van der Waals surface area contributed by atoms with Crippen LogP contribution < -0.4 is 4.57 Å². The average molecular weight is 451 g/mol. The molecule has 0 unspecified atom stereocenters. The number of fused-ring (bicyclic) bond motifs is 3. The predicted octanol–water partition coefficient (Wildman–Crippen LogP) is 8.28. The Morgan fingerprint density at radius 3 is 2.26 bits per heavy atom. The average Bonchev–Trinajstić information content (AvgIpc) is 3.21. The van der Waals surface area contributed by atoms with Crippen LogP contribution in [0.5, 0.6) is 0 Å². The number of aryl methyl sites for hydroxylation is 4. The standard InChI is InChI=1S/C33H40N/c1-22-18-23(2)32(29-19-26-10-6-7-11-27(26)31(22)29)30-20-28(24(3)21-34(30)4)25-12-16-33(17-13-25)14-8-5-9-15-33/h6-7,10-11,18,20-21,25H,5,8-9,12-17,19H2,1-4H3/q+1. The molecule has 2 fully saturated rings. The summed E-state index contributed by atoms with van der Waals surface area (Å²) in [6, 6.07) is 14.0. The first-order chi connectivity index (χ1) is 16.5. The van der Waals surface area contributed by atoms with Crippen molar-refractivity contribution < 1.29 is 4.57 Å². The van der Waals surface area contributed by atoms with Gasteiger partial charge in [-0.05, 0) is 116 Å². The van der Waals surface area contributed by atoms with Gasteiger partial charge in [-0.15, -0.1) is 0 Å². The summed E-state index contributed by atoms with van der Waals surface area (Å²) in [5.74, 6) is 0.725. The van der Waals surface area contributed by atoms with Crippen LogP contribution in [0.3, 0.4) is 0 Å². The molecule has 3 aliphatic rings. The van der Waals surface area contributed by atoms with E-state index in [0.717, 1.165) is 12.3 Å². The van der Waals surface area contributed by atoms with Gasteiger partial charge < -0.3 is 0 Å². The summed E-state index contributed by atoms with van der Waals surface area (Å²) >= 11 is 0. The van der Waals surface area contributed by atoms with Gasteiger partial charge in [0.25, 0.3) is 0 Å². The van der Waals surface area contributed by atoms with Gasteiger partial charge in [-0.2, -0.15) is 0 Å². The third-order valence-corrected chi connectivity index (χ3v) is 9.65. The summed E-state index contributed by atoms with van der Waals surface area (Å²) in [6.07, 6.45) is 16.5. The largest absolute Gasteiger partial charge is 0.213 e. The van der Waals surface area contributed by atoms with Crippen molar-refractivity contribution in [2.45, 2.75) is 90.9 Å². The molecule has 2 saturated carbocycles. The van der Waals surface area contributed by atoms with Crippen molar-refractivity contribution in [3.05, 3.63) is 76.0 Å². The molecule has 0 amide bonds. The maximum absolute atomic E-state index is 2.58. The zero-order chi connectivity index (χ0) is 23.4. The molecule has 3 aliphatic carbocycles. The normalized spacial score (nSPS) is 19.3. The molecule has 0 atom stereocenters. The van der Waals surface area contributed by atoms with Crippen LogP contribution in [-0.2, 0) is 13.5 Å². The predicted molar refractivity (Wildman–Crippen MR) is 142 cm³/mol. The lowest BCUT2D eigenvalue weighted by molar-refractivity contribution is -0.660. The Kier molecular flexibility index (Phi) is 5.43. The van der Waals surface area contributed by atoms with Crippen molar-refractivity contribution in [2.24, 2.45) is 12.5 Å². The number of hydrogen-bond acceptors (Lipinski definition) is 0. The molecule has 1 nitrogen and oxygen atoms in total. The molecule has 1 heteroatoms. The Bertz CT molecular complexity index is 1250. The fraction of sp³-hybridized carbons (Fsp3) is 0.485. The maximum Gasteiger partial charge on any atom is 0.213 e. The molecule has 0 aliphatic heterocycles. The van der Waals surface area contributed by atoms with E-state index in [1.54, 1.807) is 5.56 Å². The lowest BCUT2D eigenvalue weighted by Gasteiger charge is -2.43. The van der Waals surface area contributed by atoms with Crippen LogP contribution in [0.25, 0.3) is 22.4 Å². The molecule has 3 aromatic rings.